The van der Waals surface area contributed by atoms with Gasteiger partial charge in [-0.1, -0.05) is 18.2 Å². The van der Waals surface area contributed by atoms with Crippen LogP contribution in [0, 0.1) is 0 Å². The second-order valence-electron chi connectivity index (χ2n) is 4.66. The molecule has 0 radical (unpaired) electrons. The molecule has 3 unspecified atom stereocenters. The van der Waals surface area contributed by atoms with Gasteiger partial charge in [-0.3, -0.25) is 4.79 Å². The van der Waals surface area contributed by atoms with Crippen LogP contribution in [0.25, 0.3) is 0 Å². The molecule has 1 saturated heterocycles. The summed E-state index contributed by atoms with van der Waals surface area (Å²) in [5.74, 6) is -0.615. The maximum atomic E-state index is 10.9. The Morgan fingerprint density at radius 1 is 1.47 bits per heavy atom. The van der Waals surface area contributed by atoms with Gasteiger partial charge in [0.05, 0.1) is 12.5 Å². The number of ether oxygens (including phenoxy) is 1. The first-order valence-electron chi connectivity index (χ1n) is 5.94. The molecular formula is C13H15NO3. The number of benzene rings is 1. The number of para-hydroxylation sites is 1. The molecule has 2 heterocycles. The Bertz CT molecular complexity index is 446. The second-order valence-corrected chi connectivity index (χ2v) is 4.66. The highest BCUT2D eigenvalue weighted by molar-refractivity contribution is 5.68. The minimum absolute atomic E-state index is 0.0805. The number of aliphatic carboxylic acids is 1. The molecule has 0 saturated carbocycles. The molecule has 2 aliphatic heterocycles. The molecule has 1 fully saturated rings. The largest absolute Gasteiger partial charge is 0.481 e. The number of carbonyl (C=O) groups is 1. The summed E-state index contributed by atoms with van der Waals surface area (Å²) in [5.41, 5.74) is 2.33. The standard InChI is InChI=1S/C13H15NO3/c15-12(16)7-11-13-8-3-1-2-4-9(8)14-10(13)5-6-17-11/h1-4,10-11,13-14H,5-7H2,(H,15,16). The fraction of sp³-hybridized carbons (Fsp3) is 0.462. The molecular weight excluding hydrogens is 218 g/mol. The Hall–Kier alpha value is -1.55. The van der Waals surface area contributed by atoms with Gasteiger partial charge in [-0.15, -0.1) is 0 Å². The van der Waals surface area contributed by atoms with Crippen molar-refractivity contribution in [2.75, 3.05) is 11.9 Å². The average molecular weight is 233 g/mol. The first-order valence-corrected chi connectivity index (χ1v) is 5.94. The van der Waals surface area contributed by atoms with E-state index in [9.17, 15) is 4.79 Å². The van der Waals surface area contributed by atoms with E-state index in [1.807, 2.05) is 18.2 Å². The zero-order valence-electron chi connectivity index (χ0n) is 9.43. The molecule has 0 bridgehead atoms. The molecule has 2 N–H and O–H groups in total. The Kier molecular flexibility index (Phi) is 2.52. The third kappa shape index (κ3) is 1.78. The third-order valence-corrected chi connectivity index (χ3v) is 3.63. The molecule has 1 aromatic carbocycles. The molecule has 90 valence electrons. The van der Waals surface area contributed by atoms with Gasteiger partial charge in [-0.2, -0.15) is 0 Å². The van der Waals surface area contributed by atoms with Crippen LogP contribution in [0.2, 0.25) is 0 Å². The molecule has 0 aromatic heterocycles. The number of hydrogen-bond donors (Lipinski definition) is 2. The van der Waals surface area contributed by atoms with Crippen LogP contribution in [0.1, 0.15) is 24.3 Å². The van der Waals surface area contributed by atoms with Crippen LogP contribution >= 0.6 is 0 Å². The molecule has 0 amide bonds. The predicted octanol–water partition coefficient (Wildman–Crippen LogP) is 1.83. The molecule has 3 rings (SSSR count). The summed E-state index contributed by atoms with van der Waals surface area (Å²) in [7, 11) is 0. The average Bonchev–Trinajstić information content (AvgIpc) is 2.67. The summed E-state index contributed by atoms with van der Waals surface area (Å²) in [6, 6.07) is 8.43. The number of hydrogen-bond acceptors (Lipinski definition) is 3. The van der Waals surface area contributed by atoms with Gasteiger partial charge in [0.25, 0.3) is 0 Å². The molecule has 0 aliphatic carbocycles. The minimum atomic E-state index is -0.792. The van der Waals surface area contributed by atoms with Gasteiger partial charge in [0, 0.05) is 24.3 Å². The van der Waals surface area contributed by atoms with Crippen molar-refractivity contribution in [3.63, 3.8) is 0 Å². The lowest BCUT2D eigenvalue weighted by Gasteiger charge is -2.33. The second kappa shape index (κ2) is 4.04. The van der Waals surface area contributed by atoms with E-state index in [0.717, 1.165) is 12.1 Å². The number of rotatable bonds is 2. The van der Waals surface area contributed by atoms with Crippen molar-refractivity contribution in [1.82, 2.24) is 0 Å². The van der Waals surface area contributed by atoms with Crippen molar-refractivity contribution in [3.8, 4) is 0 Å². The Morgan fingerprint density at radius 2 is 2.29 bits per heavy atom. The minimum Gasteiger partial charge on any atom is -0.481 e. The lowest BCUT2D eigenvalue weighted by atomic mass is 9.85. The van der Waals surface area contributed by atoms with Crippen LogP contribution in [-0.4, -0.2) is 29.8 Å². The Balaban J connectivity index is 1.92. The van der Waals surface area contributed by atoms with E-state index in [1.54, 1.807) is 0 Å². The number of carboxylic acid groups (broad SMARTS) is 1. The molecule has 4 nitrogen and oxygen atoms in total. The van der Waals surface area contributed by atoms with Crippen molar-refractivity contribution < 1.29 is 14.6 Å². The summed E-state index contributed by atoms with van der Waals surface area (Å²) in [4.78, 5) is 10.9. The van der Waals surface area contributed by atoms with Crippen LogP contribution in [0.3, 0.4) is 0 Å². The molecule has 3 atom stereocenters. The van der Waals surface area contributed by atoms with E-state index < -0.39 is 5.97 Å². The molecule has 1 aromatic rings. The summed E-state index contributed by atoms with van der Waals surface area (Å²) < 4.78 is 5.64. The summed E-state index contributed by atoms with van der Waals surface area (Å²) in [5, 5.41) is 12.4. The van der Waals surface area contributed by atoms with E-state index in [-0.39, 0.29) is 18.4 Å². The van der Waals surface area contributed by atoms with E-state index in [1.165, 1.54) is 5.56 Å². The van der Waals surface area contributed by atoms with Crippen molar-refractivity contribution >= 4 is 11.7 Å². The van der Waals surface area contributed by atoms with Gasteiger partial charge in [-0.25, -0.2) is 0 Å². The van der Waals surface area contributed by atoms with Crippen LogP contribution < -0.4 is 5.32 Å². The normalized spacial score (nSPS) is 30.2. The maximum Gasteiger partial charge on any atom is 0.306 e. The molecule has 17 heavy (non-hydrogen) atoms. The zero-order chi connectivity index (χ0) is 11.8. The molecule has 0 spiro atoms. The van der Waals surface area contributed by atoms with Gasteiger partial charge >= 0.3 is 5.97 Å². The van der Waals surface area contributed by atoms with Crippen LogP contribution in [0.4, 0.5) is 5.69 Å². The number of carboxylic acids is 1. The zero-order valence-corrected chi connectivity index (χ0v) is 9.43. The van der Waals surface area contributed by atoms with E-state index in [4.69, 9.17) is 9.84 Å². The summed E-state index contributed by atoms with van der Waals surface area (Å²) >= 11 is 0. The van der Waals surface area contributed by atoms with Crippen molar-refractivity contribution in [2.24, 2.45) is 0 Å². The van der Waals surface area contributed by atoms with Gasteiger partial charge in [0.15, 0.2) is 0 Å². The SMILES string of the molecule is O=C(O)CC1OCCC2Nc3ccccc3C21. The van der Waals surface area contributed by atoms with Crippen LogP contribution in [-0.2, 0) is 9.53 Å². The highest BCUT2D eigenvalue weighted by atomic mass is 16.5. The smallest absolute Gasteiger partial charge is 0.306 e. The quantitative estimate of drug-likeness (QED) is 0.818. The fourth-order valence-corrected chi connectivity index (χ4v) is 2.94. The van der Waals surface area contributed by atoms with E-state index >= 15 is 0 Å². The van der Waals surface area contributed by atoms with Crippen LogP contribution in [0.5, 0.6) is 0 Å². The third-order valence-electron chi connectivity index (χ3n) is 3.63. The van der Waals surface area contributed by atoms with Gasteiger partial charge in [0.1, 0.15) is 0 Å². The van der Waals surface area contributed by atoms with Crippen molar-refractivity contribution in [2.45, 2.75) is 30.9 Å². The highest BCUT2D eigenvalue weighted by Gasteiger charge is 2.41. The number of anilines is 1. The number of nitrogens with one attached hydrogen (secondary N) is 1. The Morgan fingerprint density at radius 3 is 3.12 bits per heavy atom. The van der Waals surface area contributed by atoms with Crippen molar-refractivity contribution in [1.29, 1.82) is 0 Å². The molecule has 4 heteroatoms. The van der Waals surface area contributed by atoms with Gasteiger partial charge in [0.2, 0.25) is 0 Å². The predicted molar refractivity (Wildman–Crippen MR) is 63.2 cm³/mol. The molecule has 2 aliphatic rings. The lowest BCUT2D eigenvalue weighted by molar-refractivity contribution is -0.141. The summed E-state index contributed by atoms with van der Waals surface area (Å²) in [6.45, 7) is 0.639. The topological polar surface area (TPSA) is 58.6 Å². The van der Waals surface area contributed by atoms with Gasteiger partial charge in [-0.05, 0) is 18.1 Å². The van der Waals surface area contributed by atoms with E-state index in [2.05, 4.69) is 11.4 Å². The van der Waals surface area contributed by atoms with E-state index in [0.29, 0.717) is 12.6 Å². The van der Waals surface area contributed by atoms with Crippen molar-refractivity contribution in [3.05, 3.63) is 29.8 Å². The first kappa shape index (κ1) is 10.6. The highest BCUT2D eigenvalue weighted by Crippen LogP contribution is 2.43. The monoisotopic (exact) mass is 233 g/mol. The van der Waals surface area contributed by atoms with Crippen LogP contribution in [0.15, 0.2) is 24.3 Å². The first-order chi connectivity index (χ1) is 8.25. The number of fused-ring (bicyclic) bond motifs is 3. The lowest BCUT2D eigenvalue weighted by Crippen LogP contribution is -2.39. The van der Waals surface area contributed by atoms with Gasteiger partial charge < -0.3 is 15.2 Å². The maximum absolute atomic E-state index is 10.9. The summed E-state index contributed by atoms with van der Waals surface area (Å²) in [6.07, 6.45) is 0.814. The Labute approximate surface area is 99.6 Å². The fourth-order valence-electron chi connectivity index (χ4n) is 2.94.